The maximum atomic E-state index is 14.0. The normalized spacial score (nSPS) is 24.1. The maximum Gasteiger partial charge on any atom is 0.268 e. The van der Waals surface area contributed by atoms with Gasteiger partial charge in [0, 0.05) is 19.5 Å². The molecule has 4 heteroatoms. The first-order valence-corrected chi connectivity index (χ1v) is 5.57. The molecule has 1 atom stereocenters. The fourth-order valence-corrected chi connectivity index (χ4v) is 2.03. The van der Waals surface area contributed by atoms with Crippen molar-refractivity contribution in [3.63, 3.8) is 0 Å². The first-order chi connectivity index (χ1) is 8.04. The van der Waals surface area contributed by atoms with Crippen LogP contribution >= 0.6 is 0 Å². The molecule has 1 aliphatic rings. The van der Waals surface area contributed by atoms with Crippen LogP contribution in [0.5, 0.6) is 0 Å². The van der Waals surface area contributed by atoms with E-state index in [0.29, 0.717) is 13.1 Å². The lowest BCUT2D eigenvalue weighted by Crippen LogP contribution is -2.41. The van der Waals surface area contributed by atoms with Crippen LogP contribution in [-0.4, -0.2) is 28.8 Å². The second kappa shape index (κ2) is 4.28. The van der Waals surface area contributed by atoms with Gasteiger partial charge in [0.1, 0.15) is 0 Å². The Hall–Kier alpha value is -1.71. The van der Waals surface area contributed by atoms with Gasteiger partial charge >= 0.3 is 0 Å². The molecular formula is C13H14FNO2. The van der Waals surface area contributed by atoms with E-state index in [4.69, 9.17) is 0 Å². The van der Waals surface area contributed by atoms with Gasteiger partial charge in [-0.05, 0) is 12.5 Å². The summed E-state index contributed by atoms with van der Waals surface area (Å²) in [4.78, 5) is 24.4. The fraction of sp³-hybridized carbons (Fsp3) is 0.385. The molecule has 1 aromatic carbocycles. The van der Waals surface area contributed by atoms with E-state index in [2.05, 4.69) is 0 Å². The molecule has 0 aliphatic carbocycles. The zero-order chi connectivity index (χ0) is 12.5. The van der Waals surface area contributed by atoms with Crippen LogP contribution < -0.4 is 0 Å². The number of hydrogen-bond donors (Lipinski definition) is 0. The standard InChI is InChI=1S/C13H14FNO2/c1-10(16)13(14)7-8-15(12(13)17)9-11-5-3-2-4-6-11/h2-6H,7-9H2,1H3. The quantitative estimate of drug-likeness (QED) is 0.748. The summed E-state index contributed by atoms with van der Waals surface area (Å²) in [5.41, 5.74) is -1.36. The third-order valence-corrected chi connectivity index (χ3v) is 3.13. The van der Waals surface area contributed by atoms with Crippen molar-refractivity contribution in [1.29, 1.82) is 0 Å². The van der Waals surface area contributed by atoms with Crippen LogP contribution in [0.2, 0.25) is 0 Å². The van der Waals surface area contributed by atoms with Gasteiger partial charge in [-0.15, -0.1) is 0 Å². The zero-order valence-electron chi connectivity index (χ0n) is 9.65. The Morgan fingerprint density at radius 1 is 1.41 bits per heavy atom. The highest BCUT2D eigenvalue weighted by molar-refractivity contribution is 6.09. The molecular weight excluding hydrogens is 221 g/mol. The molecule has 0 saturated carbocycles. The number of benzene rings is 1. The molecule has 1 saturated heterocycles. The number of halogens is 1. The molecule has 1 fully saturated rings. The number of amides is 1. The van der Waals surface area contributed by atoms with Crippen molar-refractivity contribution in [2.75, 3.05) is 6.54 Å². The topological polar surface area (TPSA) is 37.4 Å². The Labute approximate surface area is 99.2 Å². The monoisotopic (exact) mass is 235 g/mol. The van der Waals surface area contributed by atoms with Gasteiger partial charge < -0.3 is 4.90 Å². The number of ketones is 1. The van der Waals surface area contributed by atoms with Gasteiger partial charge in [0.15, 0.2) is 5.78 Å². The minimum absolute atomic E-state index is 0.0337. The van der Waals surface area contributed by atoms with Crippen LogP contribution in [0.3, 0.4) is 0 Å². The third-order valence-electron chi connectivity index (χ3n) is 3.13. The van der Waals surface area contributed by atoms with E-state index < -0.39 is 17.4 Å². The van der Waals surface area contributed by atoms with E-state index in [1.165, 1.54) is 4.90 Å². The molecule has 0 bridgehead atoms. The van der Waals surface area contributed by atoms with Gasteiger partial charge in [-0.2, -0.15) is 0 Å². The van der Waals surface area contributed by atoms with Crippen molar-refractivity contribution in [3.8, 4) is 0 Å². The molecule has 17 heavy (non-hydrogen) atoms. The maximum absolute atomic E-state index is 14.0. The molecule has 0 N–H and O–H groups in total. The van der Waals surface area contributed by atoms with Gasteiger partial charge in [0.05, 0.1) is 0 Å². The second-order valence-electron chi connectivity index (χ2n) is 4.32. The molecule has 1 heterocycles. The fourth-order valence-electron chi connectivity index (χ4n) is 2.03. The van der Waals surface area contributed by atoms with Gasteiger partial charge in [0.2, 0.25) is 5.67 Å². The Balaban J connectivity index is 2.11. The van der Waals surface area contributed by atoms with Crippen molar-refractivity contribution < 1.29 is 14.0 Å². The van der Waals surface area contributed by atoms with E-state index in [0.717, 1.165) is 12.5 Å². The average molecular weight is 235 g/mol. The number of likely N-dealkylation sites (tertiary alicyclic amines) is 1. The van der Waals surface area contributed by atoms with Crippen LogP contribution in [-0.2, 0) is 16.1 Å². The highest BCUT2D eigenvalue weighted by atomic mass is 19.1. The minimum atomic E-state index is -2.30. The molecule has 0 radical (unpaired) electrons. The molecule has 1 aromatic rings. The van der Waals surface area contributed by atoms with Crippen LogP contribution in [0, 0.1) is 0 Å². The summed E-state index contributed by atoms with van der Waals surface area (Å²) in [5, 5.41) is 0. The van der Waals surface area contributed by atoms with Gasteiger partial charge in [-0.25, -0.2) is 4.39 Å². The predicted octanol–water partition coefficient (Wildman–Crippen LogP) is 1.72. The van der Waals surface area contributed by atoms with E-state index in [1.807, 2.05) is 30.3 Å². The third kappa shape index (κ3) is 2.07. The summed E-state index contributed by atoms with van der Waals surface area (Å²) >= 11 is 0. The van der Waals surface area contributed by atoms with Crippen LogP contribution in [0.15, 0.2) is 30.3 Å². The van der Waals surface area contributed by atoms with Gasteiger partial charge in [-0.3, -0.25) is 9.59 Å². The Morgan fingerprint density at radius 2 is 2.06 bits per heavy atom. The van der Waals surface area contributed by atoms with Crippen molar-refractivity contribution in [3.05, 3.63) is 35.9 Å². The molecule has 1 amide bonds. The van der Waals surface area contributed by atoms with Crippen LogP contribution in [0.1, 0.15) is 18.9 Å². The molecule has 2 rings (SSSR count). The molecule has 90 valence electrons. The minimum Gasteiger partial charge on any atom is -0.335 e. The summed E-state index contributed by atoms with van der Waals surface area (Å²) in [6.07, 6.45) is -0.0337. The molecule has 0 spiro atoms. The first-order valence-electron chi connectivity index (χ1n) is 5.57. The van der Waals surface area contributed by atoms with Crippen molar-refractivity contribution in [1.82, 2.24) is 4.90 Å². The van der Waals surface area contributed by atoms with Crippen LogP contribution in [0.25, 0.3) is 0 Å². The van der Waals surface area contributed by atoms with Crippen molar-refractivity contribution in [2.24, 2.45) is 0 Å². The van der Waals surface area contributed by atoms with Crippen LogP contribution in [0.4, 0.5) is 4.39 Å². The average Bonchev–Trinajstić information content (AvgIpc) is 2.60. The lowest BCUT2D eigenvalue weighted by molar-refractivity contribution is -0.145. The summed E-state index contributed by atoms with van der Waals surface area (Å²) in [6, 6.07) is 9.36. The highest BCUT2D eigenvalue weighted by Gasteiger charge is 2.51. The molecule has 1 unspecified atom stereocenters. The zero-order valence-corrected chi connectivity index (χ0v) is 9.65. The summed E-state index contributed by atoms with van der Waals surface area (Å²) < 4.78 is 14.0. The Morgan fingerprint density at radius 3 is 2.59 bits per heavy atom. The SMILES string of the molecule is CC(=O)C1(F)CCN(Cc2ccccc2)C1=O. The number of carbonyl (C=O) groups is 2. The highest BCUT2D eigenvalue weighted by Crippen LogP contribution is 2.29. The van der Waals surface area contributed by atoms with E-state index in [-0.39, 0.29) is 6.42 Å². The number of Topliss-reactive ketones (excluding diaryl/α,β-unsaturated/α-hetero) is 1. The molecule has 0 aromatic heterocycles. The predicted molar refractivity (Wildman–Crippen MR) is 61.0 cm³/mol. The van der Waals surface area contributed by atoms with Crippen molar-refractivity contribution in [2.45, 2.75) is 25.6 Å². The Kier molecular flexibility index (Phi) is 2.96. The van der Waals surface area contributed by atoms with Crippen molar-refractivity contribution >= 4 is 11.7 Å². The molecule has 1 aliphatic heterocycles. The number of alkyl halides is 1. The van der Waals surface area contributed by atoms with Gasteiger partial charge in [-0.1, -0.05) is 30.3 Å². The van der Waals surface area contributed by atoms with E-state index in [1.54, 1.807) is 0 Å². The Bertz CT molecular complexity index is 446. The first kappa shape index (κ1) is 11.8. The summed E-state index contributed by atoms with van der Waals surface area (Å²) in [5.74, 6) is -1.40. The summed E-state index contributed by atoms with van der Waals surface area (Å²) in [6.45, 7) is 1.78. The van der Waals surface area contributed by atoms with E-state index in [9.17, 15) is 14.0 Å². The lowest BCUT2D eigenvalue weighted by atomic mass is 10.0. The largest absolute Gasteiger partial charge is 0.335 e. The summed E-state index contributed by atoms with van der Waals surface area (Å²) in [7, 11) is 0. The number of nitrogens with zero attached hydrogens (tertiary/aromatic N) is 1. The molecule has 3 nitrogen and oxygen atoms in total. The smallest absolute Gasteiger partial charge is 0.268 e. The second-order valence-corrected chi connectivity index (χ2v) is 4.32. The number of rotatable bonds is 3. The van der Waals surface area contributed by atoms with Gasteiger partial charge in [0.25, 0.3) is 5.91 Å². The lowest BCUT2D eigenvalue weighted by Gasteiger charge is -2.18. The number of carbonyl (C=O) groups excluding carboxylic acids is 2. The number of hydrogen-bond acceptors (Lipinski definition) is 2. The van der Waals surface area contributed by atoms with E-state index >= 15 is 0 Å².